The molecular formula is C24H22FN5O2. The molecule has 0 fully saturated rings. The Hall–Kier alpha value is -3.81. The zero-order valence-electron chi connectivity index (χ0n) is 17.3. The van der Waals surface area contributed by atoms with Crippen LogP contribution in [0.25, 0.3) is 22.4 Å². The lowest BCUT2D eigenvalue weighted by molar-refractivity contribution is -0.125. The number of rotatable bonds is 4. The number of fused-ring (bicyclic) bond motifs is 2. The van der Waals surface area contributed by atoms with Crippen LogP contribution in [0.4, 0.5) is 4.39 Å². The molecule has 7 nitrogen and oxygen atoms in total. The second kappa shape index (κ2) is 8.37. The van der Waals surface area contributed by atoms with Crippen molar-refractivity contribution in [2.24, 2.45) is 5.92 Å². The lowest BCUT2D eigenvalue weighted by Gasteiger charge is -2.13. The first kappa shape index (κ1) is 20.1. The Morgan fingerprint density at radius 2 is 1.81 bits per heavy atom. The smallest absolute Gasteiger partial charge is 0.254 e. The van der Waals surface area contributed by atoms with E-state index in [-0.39, 0.29) is 23.2 Å². The maximum absolute atomic E-state index is 13.2. The number of hydrogen-bond acceptors (Lipinski definition) is 4. The molecule has 4 aromatic rings. The highest BCUT2D eigenvalue weighted by Crippen LogP contribution is 2.24. The van der Waals surface area contributed by atoms with E-state index in [0.29, 0.717) is 60.7 Å². The SMILES string of the molecule is O=C(NCc1nc2ccccc2[nH]1)C1CCc2nc(-c3ccc(F)cc3)[nH]c(=O)c2CC1. The number of H-pyrrole nitrogens is 2. The molecule has 0 saturated carbocycles. The summed E-state index contributed by atoms with van der Waals surface area (Å²) < 4.78 is 13.2. The van der Waals surface area contributed by atoms with Gasteiger partial charge in [0, 0.05) is 17.0 Å². The van der Waals surface area contributed by atoms with Gasteiger partial charge in [0.2, 0.25) is 5.91 Å². The molecule has 1 atom stereocenters. The van der Waals surface area contributed by atoms with Gasteiger partial charge in [0.1, 0.15) is 17.5 Å². The van der Waals surface area contributed by atoms with E-state index in [1.54, 1.807) is 12.1 Å². The van der Waals surface area contributed by atoms with Crippen molar-refractivity contribution in [1.82, 2.24) is 25.3 Å². The molecule has 32 heavy (non-hydrogen) atoms. The summed E-state index contributed by atoms with van der Waals surface area (Å²) in [7, 11) is 0. The molecule has 0 saturated heterocycles. The Morgan fingerprint density at radius 1 is 1.03 bits per heavy atom. The molecule has 2 heterocycles. The number of imidazole rings is 1. The minimum Gasteiger partial charge on any atom is -0.349 e. The van der Waals surface area contributed by atoms with E-state index in [1.165, 1.54) is 12.1 Å². The molecule has 2 aromatic heterocycles. The fourth-order valence-corrected chi connectivity index (χ4v) is 4.19. The van der Waals surface area contributed by atoms with Crippen molar-refractivity contribution in [3.8, 4) is 11.4 Å². The maximum atomic E-state index is 13.2. The minimum atomic E-state index is -0.345. The Labute approximate surface area is 183 Å². The number of nitrogens with zero attached hydrogens (tertiary/aromatic N) is 2. The normalized spacial score (nSPS) is 15.8. The van der Waals surface area contributed by atoms with Crippen LogP contribution in [0.5, 0.6) is 0 Å². The molecule has 0 spiro atoms. The third-order valence-electron chi connectivity index (χ3n) is 5.93. The van der Waals surface area contributed by atoms with Gasteiger partial charge < -0.3 is 15.3 Å². The molecule has 0 aliphatic heterocycles. The summed E-state index contributed by atoms with van der Waals surface area (Å²) in [6.07, 6.45) is 2.22. The third-order valence-corrected chi connectivity index (χ3v) is 5.93. The average molecular weight is 431 g/mol. The third kappa shape index (κ3) is 4.03. The molecule has 0 radical (unpaired) electrons. The van der Waals surface area contributed by atoms with Crippen molar-refractivity contribution >= 4 is 16.9 Å². The van der Waals surface area contributed by atoms with Crippen molar-refractivity contribution in [3.63, 3.8) is 0 Å². The summed E-state index contributed by atoms with van der Waals surface area (Å²) >= 11 is 0. The summed E-state index contributed by atoms with van der Waals surface area (Å²) in [5.74, 6) is 0.526. The number of nitrogens with one attached hydrogen (secondary N) is 3. The van der Waals surface area contributed by atoms with Crippen LogP contribution in [0.3, 0.4) is 0 Å². The Bertz CT molecular complexity index is 1310. The average Bonchev–Trinajstić information content (AvgIpc) is 3.09. The van der Waals surface area contributed by atoms with Crippen LogP contribution in [0.1, 0.15) is 29.9 Å². The van der Waals surface area contributed by atoms with Crippen molar-refractivity contribution in [1.29, 1.82) is 0 Å². The number of amides is 1. The van der Waals surface area contributed by atoms with Crippen LogP contribution in [-0.2, 0) is 24.2 Å². The summed E-state index contributed by atoms with van der Waals surface area (Å²) in [6, 6.07) is 13.6. The summed E-state index contributed by atoms with van der Waals surface area (Å²) in [6.45, 7) is 0.324. The van der Waals surface area contributed by atoms with Gasteiger partial charge in [-0.3, -0.25) is 9.59 Å². The van der Waals surface area contributed by atoms with Crippen LogP contribution in [-0.4, -0.2) is 25.8 Å². The van der Waals surface area contributed by atoms with Crippen molar-refractivity contribution < 1.29 is 9.18 Å². The van der Waals surface area contributed by atoms with Gasteiger partial charge in [-0.1, -0.05) is 12.1 Å². The zero-order valence-corrected chi connectivity index (χ0v) is 17.3. The number of para-hydroxylation sites is 2. The lowest BCUT2D eigenvalue weighted by atomic mass is 9.99. The number of aryl methyl sites for hydroxylation is 1. The Morgan fingerprint density at radius 3 is 2.62 bits per heavy atom. The van der Waals surface area contributed by atoms with Crippen LogP contribution < -0.4 is 10.9 Å². The first-order valence-electron chi connectivity index (χ1n) is 10.7. The van der Waals surface area contributed by atoms with Gasteiger partial charge in [0.25, 0.3) is 5.56 Å². The van der Waals surface area contributed by atoms with E-state index in [2.05, 4.69) is 25.3 Å². The molecular weight excluding hydrogens is 409 g/mol. The number of carbonyl (C=O) groups excluding carboxylic acids is 1. The first-order valence-corrected chi connectivity index (χ1v) is 10.7. The van der Waals surface area contributed by atoms with Gasteiger partial charge in [-0.25, -0.2) is 14.4 Å². The van der Waals surface area contributed by atoms with Crippen molar-refractivity contribution in [3.05, 3.63) is 81.8 Å². The molecule has 1 aliphatic carbocycles. The van der Waals surface area contributed by atoms with Crippen LogP contribution >= 0.6 is 0 Å². The first-order chi connectivity index (χ1) is 15.6. The fourth-order valence-electron chi connectivity index (χ4n) is 4.19. The molecule has 8 heteroatoms. The monoisotopic (exact) mass is 431 g/mol. The number of benzene rings is 2. The molecule has 5 rings (SSSR count). The van der Waals surface area contributed by atoms with Gasteiger partial charge in [-0.15, -0.1) is 0 Å². The minimum absolute atomic E-state index is 0.0477. The summed E-state index contributed by atoms with van der Waals surface area (Å²) in [5.41, 5.74) is 3.59. The van der Waals surface area contributed by atoms with Crippen LogP contribution in [0, 0.1) is 11.7 Å². The fraction of sp³-hybridized carbons (Fsp3) is 0.250. The lowest BCUT2D eigenvalue weighted by Crippen LogP contribution is -2.31. The summed E-state index contributed by atoms with van der Waals surface area (Å²) in [4.78, 5) is 40.6. The van der Waals surface area contributed by atoms with Gasteiger partial charge >= 0.3 is 0 Å². The van der Waals surface area contributed by atoms with Crippen LogP contribution in [0.2, 0.25) is 0 Å². The van der Waals surface area contributed by atoms with Gasteiger partial charge in [-0.2, -0.15) is 0 Å². The highest BCUT2D eigenvalue weighted by molar-refractivity contribution is 5.79. The van der Waals surface area contributed by atoms with Crippen LogP contribution in [0.15, 0.2) is 53.3 Å². The van der Waals surface area contributed by atoms with Gasteiger partial charge in [0.05, 0.1) is 23.3 Å². The van der Waals surface area contributed by atoms with Gasteiger partial charge in [-0.05, 0) is 62.1 Å². The highest BCUT2D eigenvalue weighted by Gasteiger charge is 2.25. The molecule has 162 valence electrons. The number of hydrogen-bond donors (Lipinski definition) is 3. The largest absolute Gasteiger partial charge is 0.349 e. The second-order valence-electron chi connectivity index (χ2n) is 8.04. The number of halogens is 1. The predicted molar refractivity (Wildman–Crippen MR) is 118 cm³/mol. The second-order valence-corrected chi connectivity index (χ2v) is 8.04. The van der Waals surface area contributed by atoms with Crippen molar-refractivity contribution in [2.75, 3.05) is 0 Å². The Kier molecular flexibility index (Phi) is 5.26. The number of carbonyl (C=O) groups is 1. The topological polar surface area (TPSA) is 104 Å². The molecule has 2 aromatic carbocycles. The highest BCUT2D eigenvalue weighted by atomic mass is 19.1. The molecule has 1 unspecified atom stereocenters. The molecule has 3 N–H and O–H groups in total. The molecule has 1 aliphatic rings. The van der Waals surface area contributed by atoms with E-state index in [4.69, 9.17) is 0 Å². The van der Waals surface area contributed by atoms with E-state index in [1.807, 2.05) is 24.3 Å². The number of aromatic amines is 2. The van der Waals surface area contributed by atoms with E-state index < -0.39 is 0 Å². The Balaban J connectivity index is 1.27. The predicted octanol–water partition coefficient (Wildman–Crippen LogP) is 3.26. The van der Waals surface area contributed by atoms with E-state index in [9.17, 15) is 14.0 Å². The number of aromatic nitrogens is 4. The summed E-state index contributed by atoms with van der Waals surface area (Å²) in [5, 5.41) is 2.97. The standard InChI is InChI=1S/C24H22FN5O2/c25-16-9-5-14(6-10-16)22-29-18-12-8-15(7-11-17(18)24(32)30-22)23(31)26-13-21-27-19-3-1-2-4-20(19)28-21/h1-6,9-10,15H,7-8,11-13H2,(H,26,31)(H,27,28)(H,29,30,32). The van der Waals surface area contributed by atoms with E-state index in [0.717, 1.165) is 11.0 Å². The van der Waals surface area contributed by atoms with Gasteiger partial charge in [0.15, 0.2) is 0 Å². The zero-order chi connectivity index (χ0) is 22.1. The van der Waals surface area contributed by atoms with E-state index >= 15 is 0 Å². The maximum Gasteiger partial charge on any atom is 0.254 e. The van der Waals surface area contributed by atoms with Crippen molar-refractivity contribution in [2.45, 2.75) is 32.2 Å². The molecule has 0 bridgehead atoms. The quantitative estimate of drug-likeness (QED) is 0.432. The molecule has 1 amide bonds.